The van der Waals surface area contributed by atoms with Crippen LogP contribution in [0.15, 0.2) is 12.2 Å². The molecule has 0 aromatic heterocycles. The molecule has 2 heteroatoms. The first-order chi connectivity index (χ1) is 7.19. The highest BCUT2D eigenvalue weighted by atomic mass is 32.1. The van der Waals surface area contributed by atoms with Crippen molar-refractivity contribution in [2.75, 3.05) is 25.9 Å². The molecule has 0 aromatic rings. The van der Waals surface area contributed by atoms with E-state index in [2.05, 4.69) is 31.2 Å². The molecule has 2 aliphatic rings. The van der Waals surface area contributed by atoms with Crippen LogP contribution in [0.2, 0.25) is 0 Å². The van der Waals surface area contributed by atoms with Crippen LogP contribution in [0.3, 0.4) is 0 Å². The van der Waals surface area contributed by atoms with Gasteiger partial charge in [-0.25, -0.2) is 0 Å². The number of nitrogens with zero attached hydrogens (tertiary/aromatic N) is 1. The average molecular weight is 225 g/mol. The quantitative estimate of drug-likeness (QED) is 0.556. The van der Waals surface area contributed by atoms with Crippen molar-refractivity contribution in [1.82, 2.24) is 4.90 Å². The van der Waals surface area contributed by atoms with Gasteiger partial charge in [0.25, 0.3) is 0 Å². The first-order valence-corrected chi connectivity index (χ1v) is 6.78. The van der Waals surface area contributed by atoms with Gasteiger partial charge in [-0.05, 0) is 44.1 Å². The zero-order chi connectivity index (χ0) is 10.8. The number of hydrogen-bond donors (Lipinski definition) is 1. The van der Waals surface area contributed by atoms with Crippen LogP contribution in [-0.4, -0.2) is 30.8 Å². The molecule has 15 heavy (non-hydrogen) atoms. The summed E-state index contributed by atoms with van der Waals surface area (Å²) in [7, 11) is 2.22. The van der Waals surface area contributed by atoms with Gasteiger partial charge in [-0.3, -0.25) is 0 Å². The number of thiol groups is 1. The van der Waals surface area contributed by atoms with Crippen LogP contribution in [0, 0.1) is 17.8 Å². The largest absolute Gasteiger partial charge is 0.302 e. The molecule has 0 aromatic carbocycles. The average Bonchev–Trinajstić information content (AvgIpc) is 2.78. The van der Waals surface area contributed by atoms with E-state index in [-0.39, 0.29) is 0 Å². The molecule has 3 atom stereocenters. The van der Waals surface area contributed by atoms with Crippen molar-refractivity contribution >= 4 is 12.6 Å². The number of hydrogen-bond acceptors (Lipinski definition) is 2. The van der Waals surface area contributed by atoms with Gasteiger partial charge in [0, 0.05) is 18.8 Å². The van der Waals surface area contributed by atoms with Crippen LogP contribution in [0.5, 0.6) is 0 Å². The molecule has 2 bridgehead atoms. The molecule has 2 saturated carbocycles. The third-order valence-electron chi connectivity index (χ3n) is 4.15. The molecular formula is C13H23NS. The normalized spacial score (nSPS) is 33.9. The van der Waals surface area contributed by atoms with Gasteiger partial charge in [0.05, 0.1) is 0 Å². The lowest BCUT2D eigenvalue weighted by Crippen LogP contribution is -2.30. The summed E-state index contributed by atoms with van der Waals surface area (Å²) in [6, 6.07) is 0. The topological polar surface area (TPSA) is 3.24 Å². The van der Waals surface area contributed by atoms with E-state index >= 15 is 0 Å². The maximum atomic E-state index is 4.26. The summed E-state index contributed by atoms with van der Waals surface area (Å²) < 4.78 is 0. The number of rotatable bonds is 5. The zero-order valence-corrected chi connectivity index (χ0v) is 10.7. The predicted octanol–water partition coefficient (Wildman–Crippen LogP) is 2.84. The second-order valence-corrected chi connectivity index (χ2v) is 5.86. The van der Waals surface area contributed by atoms with E-state index in [9.17, 15) is 0 Å². The van der Waals surface area contributed by atoms with E-state index in [1.165, 1.54) is 37.8 Å². The zero-order valence-electron chi connectivity index (χ0n) is 9.78. The van der Waals surface area contributed by atoms with Crippen LogP contribution < -0.4 is 0 Å². The fourth-order valence-corrected chi connectivity index (χ4v) is 3.60. The fraction of sp³-hybridized carbons (Fsp3) is 0.846. The second kappa shape index (κ2) is 4.92. The minimum absolute atomic E-state index is 0.820. The molecule has 3 unspecified atom stereocenters. The molecule has 2 aliphatic carbocycles. The molecular weight excluding hydrogens is 202 g/mol. The Morgan fingerprint density at radius 1 is 1.40 bits per heavy atom. The van der Waals surface area contributed by atoms with E-state index in [1.54, 1.807) is 0 Å². The van der Waals surface area contributed by atoms with E-state index in [0.29, 0.717) is 0 Å². The maximum absolute atomic E-state index is 4.26. The van der Waals surface area contributed by atoms with E-state index in [0.717, 1.165) is 30.1 Å². The summed E-state index contributed by atoms with van der Waals surface area (Å²) in [6.45, 7) is 6.31. The predicted molar refractivity (Wildman–Crippen MR) is 69.4 cm³/mol. The Bertz CT molecular complexity index is 239. The van der Waals surface area contributed by atoms with E-state index in [4.69, 9.17) is 0 Å². The Kier molecular flexibility index (Phi) is 3.78. The number of fused-ring (bicyclic) bond motifs is 2. The van der Waals surface area contributed by atoms with Gasteiger partial charge in [0.1, 0.15) is 0 Å². The lowest BCUT2D eigenvalue weighted by Gasteiger charge is -2.27. The van der Waals surface area contributed by atoms with Gasteiger partial charge in [-0.2, -0.15) is 12.6 Å². The highest BCUT2D eigenvalue weighted by molar-refractivity contribution is 7.80. The Hall–Kier alpha value is 0.0500. The standard InChI is InChI=1S/C13H23NS/c1-10(9-15)7-14(2)8-13-6-11-3-4-12(13)5-11/h11-13,15H,1,3-9H2,2H3. The maximum Gasteiger partial charge on any atom is 0.0195 e. The minimum atomic E-state index is 0.820. The van der Waals surface area contributed by atoms with E-state index < -0.39 is 0 Å². The number of likely N-dealkylation sites (N-methyl/N-ethyl adjacent to an activating group) is 1. The van der Waals surface area contributed by atoms with Crippen LogP contribution >= 0.6 is 12.6 Å². The Labute approximate surface area is 99.3 Å². The Balaban J connectivity index is 1.75. The molecule has 0 aliphatic heterocycles. The van der Waals surface area contributed by atoms with Crippen molar-refractivity contribution in [1.29, 1.82) is 0 Å². The first kappa shape index (κ1) is 11.5. The molecule has 0 radical (unpaired) electrons. The van der Waals surface area contributed by atoms with Crippen LogP contribution in [0.25, 0.3) is 0 Å². The highest BCUT2D eigenvalue weighted by Gasteiger charge is 2.39. The van der Waals surface area contributed by atoms with Gasteiger partial charge in [0.15, 0.2) is 0 Å². The summed E-state index contributed by atoms with van der Waals surface area (Å²) >= 11 is 4.26. The summed E-state index contributed by atoms with van der Waals surface area (Å²) in [5.74, 6) is 3.91. The van der Waals surface area contributed by atoms with Crippen LogP contribution in [0.1, 0.15) is 25.7 Å². The second-order valence-electron chi connectivity index (χ2n) is 5.54. The third-order valence-corrected chi connectivity index (χ3v) is 4.60. The summed E-state index contributed by atoms with van der Waals surface area (Å²) in [4.78, 5) is 2.43. The van der Waals surface area contributed by atoms with Crippen molar-refractivity contribution < 1.29 is 0 Å². The van der Waals surface area contributed by atoms with Crippen LogP contribution in [0.4, 0.5) is 0 Å². The van der Waals surface area contributed by atoms with Crippen molar-refractivity contribution in [2.45, 2.75) is 25.7 Å². The molecule has 0 saturated heterocycles. The first-order valence-electron chi connectivity index (χ1n) is 6.15. The molecule has 86 valence electrons. The molecule has 2 rings (SSSR count). The molecule has 0 N–H and O–H groups in total. The van der Waals surface area contributed by atoms with Gasteiger partial charge in [-0.1, -0.05) is 18.6 Å². The van der Waals surface area contributed by atoms with Crippen molar-refractivity contribution in [3.8, 4) is 0 Å². The summed E-state index contributed by atoms with van der Waals surface area (Å²) in [5.41, 5.74) is 1.24. The van der Waals surface area contributed by atoms with Crippen molar-refractivity contribution in [3.63, 3.8) is 0 Å². The Morgan fingerprint density at radius 3 is 2.73 bits per heavy atom. The molecule has 0 heterocycles. The summed E-state index contributed by atoms with van der Waals surface area (Å²) in [6.07, 6.45) is 6.01. The molecule has 1 nitrogen and oxygen atoms in total. The monoisotopic (exact) mass is 225 g/mol. The minimum Gasteiger partial charge on any atom is -0.302 e. The van der Waals surface area contributed by atoms with Gasteiger partial charge in [-0.15, -0.1) is 0 Å². The van der Waals surface area contributed by atoms with Gasteiger partial charge in [0.2, 0.25) is 0 Å². The smallest absolute Gasteiger partial charge is 0.0195 e. The van der Waals surface area contributed by atoms with Crippen LogP contribution in [-0.2, 0) is 0 Å². The lowest BCUT2D eigenvalue weighted by atomic mass is 9.88. The van der Waals surface area contributed by atoms with Gasteiger partial charge < -0.3 is 4.90 Å². The van der Waals surface area contributed by atoms with E-state index in [1.807, 2.05) is 0 Å². The molecule has 0 amide bonds. The van der Waals surface area contributed by atoms with Crippen molar-refractivity contribution in [3.05, 3.63) is 12.2 Å². The highest BCUT2D eigenvalue weighted by Crippen LogP contribution is 2.48. The van der Waals surface area contributed by atoms with Gasteiger partial charge >= 0.3 is 0 Å². The lowest BCUT2D eigenvalue weighted by molar-refractivity contribution is 0.231. The molecule has 2 fully saturated rings. The fourth-order valence-electron chi connectivity index (χ4n) is 3.50. The molecule has 0 spiro atoms. The Morgan fingerprint density at radius 2 is 2.20 bits per heavy atom. The summed E-state index contributed by atoms with van der Waals surface area (Å²) in [5, 5.41) is 0. The third kappa shape index (κ3) is 2.79. The SMILES string of the molecule is C=C(CS)CN(C)CC1CC2CCC1C2. The van der Waals surface area contributed by atoms with Crippen molar-refractivity contribution in [2.24, 2.45) is 17.8 Å².